The highest BCUT2D eigenvalue weighted by Crippen LogP contribution is 2.29. The van der Waals surface area contributed by atoms with Crippen LogP contribution in [0.25, 0.3) is 0 Å². The molecule has 0 aliphatic carbocycles. The lowest BCUT2D eigenvalue weighted by molar-refractivity contribution is -0.136. The Morgan fingerprint density at radius 3 is 2.43 bits per heavy atom. The molecule has 4 rings (SSSR count). The second kappa shape index (κ2) is 7.72. The number of carbonyl (C=O) groups excluding carboxylic acids is 4. The van der Waals surface area contributed by atoms with E-state index in [2.05, 4.69) is 10.6 Å². The van der Waals surface area contributed by atoms with Crippen molar-refractivity contribution in [2.45, 2.75) is 38.4 Å². The summed E-state index contributed by atoms with van der Waals surface area (Å²) in [5.41, 5.74) is 9.17. The summed E-state index contributed by atoms with van der Waals surface area (Å²) in [5.74, 6) is -2.04. The Morgan fingerprint density at radius 2 is 1.77 bits per heavy atom. The molecular weight excluding hydrogens is 384 g/mol. The largest absolute Gasteiger partial charge is 0.381 e. The highest BCUT2D eigenvalue weighted by atomic mass is 16.2. The van der Waals surface area contributed by atoms with Gasteiger partial charge in [-0.2, -0.15) is 0 Å². The minimum Gasteiger partial charge on any atom is -0.381 e. The van der Waals surface area contributed by atoms with Gasteiger partial charge in [0.15, 0.2) is 0 Å². The maximum Gasteiger partial charge on any atom is 0.262 e. The van der Waals surface area contributed by atoms with Crippen LogP contribution in [0.1, 0.15) is 57.7 Å². The third-order valence-electron chi connectivity index (χ3n) is 5.44. The van der Waals surface area contributed by atoms with Crippen LogP contribution in [0.5, 0.6) is 0 Å². The zero-order valence-corrected chi connectivity index (χ0v) is 16.5. The number of hydrogen-bond acceptors (Lipinski definition) is 6. The number of piperidine rings is 1. The van der Waals surface area contributed by atoms with Crippen molar-refractivity contribution < 1.29 is 19.2 Å². The molecule has 0 aromatic heterocycles. The van der Waals surface area contributed by atoms with Gasteiger partial charge < -0.3 is 11.1 Å². The van der Waals surface area contributed by atoms with Crippen LogP contribution in [0.3, 0.4) is 0 Å². The summed E-state index contributed by atoms with van der Waals surface area (Å²) < 4.78 is 0. The average Bonchev–Trinajstić information content (AvgIpc) is 2.97. The SMILES string of the molecule is C[C@@H](N)c1ccc(CNc2ccc3c(c2)C(=O)N(C2CCC(=O)NC2=O)C3=O)cc1. The first-order valence-electron chi connectivity index (χ1n) is 9.79. The van der Waals surface area contributed by atoms with E-state index in [4.69, 9.17) is 5.73 Å². The average molecular weight is 406 g/mol. The van der Waals surface area contributed by atoms with Crippen LogP contribution in [0.4, 0.5) is 5.69 Å². The molecule has 2 aliphatic rings. The molecule has 1 saturated heterocycles. The minimum atomic E-state index is -0.963. The van der Waals surface area contributed by atoms with Crippen molar-refractivity contribution in [3.63, 3.8) is 0 Å². The van der Waals surface area contributed by atoms with Gasteiger partial charge in [-0.25, -0.2) is 0 Å². The second-order valence-electron chi connectivity index (χ2n) is 7.59. The van der Waals surface area contributed by atoms with Gasteiger partial charge in [0.2, 0.25) is 11.8 Å². The monoisotopic (exact) mass is 406 g/mol. The Hall–Kier alpha value is -3.52. The fourth-order valence-electron chi connectivity index (χ4n) is 3.72. The molecule has 2 aromatic carbocycles. The number of nitrogens with one attached hydrogen (secondary N) is 2. The van der Waals surface area contributed by atoms with Crippen LogP contribution < -0.4 is 16.4 Å². The smallest absolute Gasteiger partial charge is 0.262 e. The fourth-order valence-corrected chi connectivity index (χ4v) is 3.72. The lowest BCUT2D eigenvalue weighted by Crippen LogP contribution is -2.54. The molecule has 0 saturated carbocycles. The molecule has 0 radical (unpaired) electrons. The quantitative estimate of drug-likeness (QED) is 0.650. The Labute approximate surface area is 173 Å². The molecule has 30 heavy (non-hydrogen) atoms. The van der Waals surface area contributed by atoms with E-state index >= 15 is 0 Å². The minimum absolute atomic E-state index is 0.0282. The molecule has 4 N–H and O–H groups in total. The van der Waals surface area contributed by atoms with Gasteiger partial charge in [0.25, 0.3) is 11.8 Å². The molecule has 2 aromatic rings. The number of benzene rings is 2. The summed E-state index contributed by atoms with van der Waals surface area (Å²) in [6.07, 6.45) is 0.233. The molecule has 2 atom stereocenters. The zero-order chi connectivity index (χ0) is 21.4. The number of carbonyl (C=O) groups is 4. The Kier molecular flexibility index (Phi) is 5.09. The lowest BCUT2D eigenvalue weighted by atomic mass is 10.0. The van der Waals surface area contributed by atoms with Gasteiger partial charge in [0, 0.05) is 24.7 Å². The van der Waals surface area contributed by atoms with Crippen LogP contribution in [0.2, 0.25) is 0 Å². The molecule has 1 fully saturated rings. The van der Waals surface area contributed by atoms with Gasteiger partial charge in [0.1, 0.15) is 6.04 Å². The lowest BCUT2D eigenvalue weighted by Gasteiger charge is -2.27. The first kappa shape index (κ1) is 19.8. The van der Waals surface area contributed by atoms with Crippen molar-refractivity contribution in [2.24, 2.45) is 5.73 Å². The standard InChI is InChI=1S/C22H22N4O4/c1-12(23)14-4-2-13(3-5-14)11-24-15-6-7-16-17(10-15)22(30)26(21(16)29)18-8-9-19(27)25-20(18)28/h2-7,10,12,18,24H,8-9,11,23H2,1H3,(H,25,27,28)/t12-,18?/m1/s1. The zero-order valence-electron chi connectivity index (χ0n) is 16.5. The Balaban J connectivity index is 1.49. The maximum atomic E-state index is 12.9. The van der Waals surface area contributed by atoms with E-state index in [1.165, 1.54) is 0 Å². The van der Waals surface area contributed by atoms with Crippen molar-refractivity contribution in [3.05, 3.63) is 64.7 Å². The number of hydrogen-bond donors (Lipinski definition) is 3. The van der Waals surface area contributed by atoms with Crippen LogP contribution in [-0.4, -0.2) is 34.6 Å². The van der Waals surface area contributed by atoms with E-state index in [-0.39, 0.29) is 30.0 Å². The predicted molar refractivity (Wildman–Crippen MR) is 109 cm³/mol. The molecule has 0 spiro atoms. The highest BCUT2D eigenvalue weighted by Gasteiger charge is 2.44. The van der Waals surface area contributed by atoms with Crippen molar-refractivity contribution in [1.82, 2.24) is 10.2 Å². The molecular formula is C22H22N4O4. The summed E-state index contributed by atoms with van der Waals surface area (Å²) in [6.45, 7) is 2.46. The Morgan fingerprint density at radius 1 is 1.07 bits per heavy atom. The third kappa shape index (κ3) is 3.57. The van der Waals surface area contributed by atoms with E-state index in [0.717, 1.165) is 16.0 Å². The van der Waals surface area contributed by atoms with Gasteiger partial charge in [0.05, 0.1) is 11.1 Å². The molecule has 154 valence electrons. The number of imide groups is 2. The molecule has 1 unspecified atom stereocenters. The van der Waals surface area contributed by atoms with E-state index in [1.807, 2.05) is 31.2 Å². The summed E-state index contributed by atoms with van der Waals surface area (Å²) >= 11 is 0. The van der Waals surface area contributed by atoms with Crippen molar-refractivity contribution in [3.8, 4) is 0 Å². The van der Waals surface area contributed by atoms with Gasteiger partial charge in [-0.15, -0.1) is 0 Å². The third-order valence-corrected chi connectivity index (χ3v) is 5.44. The molecule has 2 heterocycles. The number of nitrogens with two attached hydrogens (primary N) is 1. The summed E-state index contributed by atoms with van der Waals surface area (Å²) in [5, 5.41) is 5.44. The van der Waals surface area contributed by atoms with Crippen molar-refractivity contribution in [1.29, 1.82) is 0 Å². The number of anilines is 1. The van der Waals surface area contributed by atoms with Crippen LogP contribution in [-0.2, 0) is 16.1 Å². The molecule has 2 aliphatic heterocycles. The van der Waals surface area contributed by atoms with Crippen LogP contribution >= 0.6 is 0 Å². The maximum absolute atomic E-state index is 12.9. The highest BCUT2D eigenvalue weighted by molar-refractivity contribution is 6.23. The molecule has 8 nitrogen and oxygen atoms in total. The first-order valence-corrected chi connectivity index (χ1v) is 9.79. The van der Waals surface area contributed by atoms with Gasteiger partial charge in [-0.1, -0.05) is 24.3 Å². The number of rotatable bonds is 5. The van der Waals surface area contributed by atoms with E-state index in [9.17, 15) is 19.2 Å². The summed E-state index contributed by atoms with van der Waals surface area (Å²) in [7, 11) is 0. The summed E-state index contributed by atoms with van der Waals surface area (Å²) in [4.78, 5) is 50.0. The fraction of sp³-hybridized carbons (Fsp3) is 0.273. The molecule has 8 heteroatoms. The first-order chi connectivity index (χ1) is 14.3. The predicted octanol–water partition coefficient (Wildman–Crippen LogP) is 1.72. The summed E-state index contributed by atoms with van der Waals surface area (Å²) in [6, 6.07) is 11.9. The van der Waals surface area contributed by atoms with Crippen molar-refractivity contribution >= 4 is 29.3 Å². The Bertz CT molecular complexity index is 1050. The van der Waals surface area contributed by atoms with Crippen LogP contribution in [0.15, 0.2) is 42.5 Å². The van der Waals surface area contributed by atoms with E-state index in [1.54, 1.807) is 18.2 Å². The molecule has 4 amide bonds. The topological polar surface area (TPSA) is 122 Å². The normalized spacial score (nSPS) is 19.5. The number of amides is 4. The van der Waals surface area contributed by atoms with Gasteiger partial charge >= 0.3 is 0 Å². The second-order valence-corrected chi connectivity index (χ2v) is 7.59. The van der Waals surface area contributed by atoms with Crippen molar-refractivity contribution in [2.75, 3.05) is 5.32 Å². The van der Waals surface area contributed by atoms with Crippen LogP contribution in [0, 0.1) is 0 Å². The molecule has 0 bridgehead atoms. The van der Waals surface area contributed by atoms with Gasteiger partial charge in [-0.05, 0) is 42.7 Å². The number of nitrogens with zero attached hydrogens (tertiary/aromatic N) is 1. The van der Waals surface area contributed by atoms with E-state index in [0.29, 0.717) is 12.2 Å². The van der Waals surface area contributed by atoms with E-state index < -0.39 is 29.7 Å². The van der Waals surface area contributed by atoms with Gasteiger partial charge in [-0.3, -0.25) is 29.4 Å². The number of fused-ring (bicyclic) bond motifs is 1.